The fourth-order valence-electron chi connectivity index (χ4n) is 1.88. The third-order valence-electron chi connectivity index (χ3n) is 3.07. The van der Waals surface area contributed by atoms with E-state index < -0.39 is 16.0 Å². The molecule has 118 valence electrons. The number of sulfonamides is 1. The number of carbonyl (C=O) groups is 1. The number of hydrogen-bond donors (Lipinski definition) is 2. The summed E-state index contributed by atoms with van der Waals surface area (Å²) in [6.45, 7) is 4.66. The lowest BCUT2D eigenvalue weighted by Crippen LogP contribution is -2.32. The van der Waals surface area contributed by atoms with Crippen molar-refractivity contribution in [3.05, 3.63) is 29.3 Å². The monoisotopic (exact) mass is 314 g/mol. The number of methoxy groups -OCH3 is 1. The second-order valence-electron chi connectivity index (χ2n) is 4.99. The van der Waals surface area contributed by atoms with Gasteiger partial charge < -0.3 is 10.1 Å². The number of aryl methyl sites for hydroxylation is 1. The normalized spacial score (nSPS) is 13.0. The minimum Gasteiger partial charge on any atom is -0.465 e. The molecule has 0 aromatic heterocycles. The molecular formula is C14H22N2O4S. The van der Waals surface area contributed by atoms with E-state index >= 15 is 0 Å². The van der Waals surface area contributed by atoms with Gasteiger partial charge in [0.2, 0.25) is 10.0 Å². The third-order valence-corrected chi connectivity index (χ3v) is 4.64. The maximum absolute atomic E-state index is 12.3. The van der Waals surface area contributed by atoms with E-state index in [9.17, 15) is 13.2 Å². The lowest BCUT2D eigenvalue weighted by molar-refractivity contribution is 0.0600. The Morgan fingerprint density at radius 1 is 1.33 bits per heavy atom. The Labute approximate surface area is 125 Å². The van der Waals surface area contributed by atoms with E-state index in [1.54, 1.807) is 19.1 Å². The van der Waals surface area contributed by atoms with Crippen molar-refractivity contribution in [1.82, 2.24) is 10.0 Å². The molecule has 0 radical (unpaired) electrons. The Bertz CT molecular complexity index is 599. The smallest absolute Gasteiger partial charge is 0.337 e. The van der Waals surface area contributed by atoms with E-state index in [1.807, 2.05) is 14.0 Å². The van der Waals surface area contributed by atoms with E-state index in [4.69, 9.17) is 0 Å². The van der Waals surface area contributed by atoms with Crippen molar-refractivity contribution in [1.29, 1.82) is 0 Å². The first-order chi connectivity index (χ1) is 9.81. The molecule has 0 fully saturated rings. The highest BCUT2D eigenvalue weighted by Gasteiger charge is 2.19. The number of rotatable bonds is 7. The molecular weight excluding hydrogens is 292 g/mol. The van der Waals surface area contributed by atoms with Crippen LogP contribution in [0, 0.1) is 12.8 Å². The summed E-state index contributed by atoms with van der Waals surface area (Å²) in [5.74, 6) is -0.399. The Kier molecular flexibility index (Phi) is 6.32. The number of hydrogen-bond acceptors (Lipinski definition) is 5. The number of ether oxygens (including phenoxy) is 1. The van der Waals surface area contributed by atoms with Crippen LogP contribution in [0.25, 0.3) is 0 Å². The first-order valence-corrected chi connectivity index (χ1v) is 8.13. The average Bonchev–Trinajstić information content (AvgIpc) is 2.45. The van der Waals surface area contributed by atoms with Gasteiger partial charge in [-0.05, 0) is 44.1 Å². The fraction of sp³-hybridized carbons (Fsp3) is 0.500. The predicted octanol–water partition coefficient (Wildman–Crippen LogP) is 0.915. The highest BCUT2D eigenvalue weighted by Crippen LogP contribution is 2.17. The second-order valence-corrected chi connectivity index (χ2v) is 6.72. The predicted molar refractivity (Wildman–Crippen MR) is 80.8 cm³/mol. The fourth-order valence-corrected chi connectivity index (χ4v) is 3.32. The molecule has 0 saturated carbocycles. The molecule has 1 rings (SSSR count). The molecule has 0 heterocycles. The van der Waals surface area contributed by atoms with Gasteiger partial charge >= 0.3 is 5.97 Å². The van der Waals surface area contributed by atoms with E-state index in [0.29, 0.717) is 18.7 Å². The van der Waals surface area contributed by atoms with Crippen molar-refractivity contribution in [3.63, 3.8) is 0 Å². The second kappa shape index (κ2) is 7.53. The van der Waals surface area contributed by atoms with Gasteiger partial charge in [0.15, 0.2) is 0 Å². The van der Waals surface area contributed by atoms with Crippen LogP contribution in [0.15, 0.2) is 23.1 Å². The van der Waals surface area contributed by atoms with Crippen LogP contribution in [0.1, 0.15) is 22.8 Å². The molecule has 0 spiro atoms. The van der Waals surface area contributed by atoms with Crippen LogP contribution in [0.4, 0.5) is 0 Å². The van der Waals surface area contributed by atoms with E-state index in [0.717, 1.165) is 0 Å². The largest absolute Gasteiger partial charge is 0.465 e. The van der Waals surface area contributed by atoms with Crippen LogP contribution >= 0.6 is 0 Å². The molecule has 1 aromatic carbocycles. The SMILES string of the molecule is CNCC(C)CNS(=O)(=O)c1cc(C(=O)OC)ccc1C. The van der Waals surface area contributed by atoms with Crippen LogP contribution in [-0.2, 0) is 14.8 Å². The molecule has 21 heavy (non-hydrogen) atoms. The van der Waals surface area contributed by atoms with Gasteiger partial charge in [-0.1, -0.05) is 13.0 Å². The van der Waals surface area contributed by atoms with Gasteiger partial charge in [0.1, 0.15) is 0 Å². The van der Waals surface area contributed by atoms with Gasteiger partial charge in [-0.15, -0.1) is 0 Å². The molecule has 1 aromatic rings. The standard InChI is InChI=1S/C14H22N2O4S/c1-10(8-15-3)9-16-21(18,19)13-7-12(14(17)20-4)6-5-11(13)2/h5-7,10,15-16H,8-9H2,1-4H3. The van der Waals surface area contributed by atoms with Gasteiger partial charge in [0, 0.05) is 6.54 Å². The maximum atomic E-state index is 12.3. The molecule has 0 aliphatic rings. The van der Waals surface area contributed by atoms with Gasteiger partial charge in [0.25, 0.3) is 0 Å². The molecule has 0 aliphatic carbocycles. The number of esters is 1. The zero-order valence-electron chi connectivity index (χ0n) is 12.8. The lowest BCUT2D eigenvalue weighted by atomic mass is 10.1. The molecule has 2 N–H and O–H groups in total. The molecule has 7 heteroatoms. The topological polar surface area (TPSA) is 84.5 Å². The summed E-state index contributed by atoms with van der Waals surface area (Å²) >= 11 is 0. The number of nitrogens with one attached hydrogen (secondary N) is 2. The minimum atomic E-state index is -3.65. The van der Waals surface area contributed by atoms with Gasteiger partial charge in [-0.2, -0.15) is 0 Å². The zero-order chi connectivity index (χ0) is 16.0. The minimum absolute atomic E-state index is 0.0991. The van der Waals surface area contributed by atoms with Crippen LogP contribution in [0.5, 0.6) is 0 Å². The average molecular weight is 314 g/mol. The van der Waals surface area contributed by atoms with E-state index in [-0.39, 0.29) is 16.4 Å². The molecule has 1 atom stereocenters. The zero-order valence-corrected chi connectivity index (χ0v) is 13.6. The highest BCUT2D eigenvalue weighted by atomic mass is 32.2. The maximum Gasteiger partial charge on any atom is 0.337 e. The summed E-state index contributed by atoms with van der Waals surface area (Å²) in [7, 11) is -0.582. The van der Waals surface area contributed by atoms with Crippen molar-refractivity contribution in [3.8, 4) is 0 Å². The van der Waals surface area contributed by atoms with Crippen molar-refractivity contribution < 1.29 is 17.9 Å². The van der Waals surface area contributed by atoms with E-state index in [2.05, 4.69) is 14.8 Å². The summed E-state index contributed by atoms with van der Waals surface area (Å²) in [5, 5.41) is 2.99. The van der Waals surface area contributed by atoms with Crippen molar-refractivity contribution >= 4 is 16.0 Å². The third kappa shape index (κ3) is 4.80. The Morgan fingerprint density at radius 3 is 2.57 bits per heavy atom. The molecule has 6 nitrogen and oxygen atoms in total. The number of carbonyl (C=O) groups excluding carboxylic acids is 1. The van der Waals surface area contributed by atoms with E-state index in [1.165, 1.54) is 13.2 Å². The van der Waals surface area contributed by atoms with Crippen LogP contribution in [0.2, 0.25) is 0 Å². The van der Waals surface area contributed by atoms with Crippen molar-refractivity contribution in [2.75, 3.05) is 27.2 Å². The first kappa shape index (κ1) is 17.6. The van der Waals surface area contributed by atoms with Crippen LogP contribution in [0.3, 0.4) is 0 Å². The Balaban J connectivity index is 2.99. The van der Waals surface area contributed by atoms with Gasteiger partial charge in [0.05, 0.1) is 17.6 Å². The molecule has 0 saturated heterocycles. The number of benzene rings is 1. The first-order valence-electron chi connectivity index (χ1n) is 6.65. The molecule has 0 bridgehead atoms. The summed E-state index contributed by atoms with van der Waals surface area (Å²) in [4.78, 5) is 11.6. The molecule has 0 aliphatic heterocycles. The van der Waals surface area contributed by atoms with Gasteiger partial charge in [-0.25, -0.2) is 17.9 Å². The van der Waals surface area contributed by atoms with Crippen molar-refractivity contribution in [2.45, 2.75) is 18.7 Å². The highest BCUT2D eigenvalue weighted by molar-refractivity contribution is 7.89. The summed E-state index contributed by atoms with van der Waals surface area (Å²) in [6, 6.07) is 4.48. The van der Waals surface area contributed by atoms with Crippen molar-refractivity contribution in [2.24, 2.45) is 5.92 Å². The summed E-state index contributed by atoms with van der Waals surface area (Å²) in [6.07, 6.45) is 0. The summed E-state index contributed by atoms with van der Waals surface area (Å²) < 4.78 is 31.9. The molecule has 1 unspecified atom stereocenters. The Morgan fingerprint density at radius 2 is 2.00 bits per heavy atom. The Hall–Kier alpha value is -1.44. The quantitative estimate of drug-likeness (QED) is 0.731. The van der Waals surface area contributed by atoms with Gasteiger partial charge in [-0.3, -0.25) is 0 Å². The van der Waals surface area contributed by atoms with Crippen LogP contribution in [-0.4, -0.2) is 41.6 Å². The lowest BCUT2D eigenvalue weighted by Gasteiger charge is -2.14. The summed E-state index contributed by atoms with van der Waals surface area (Å²) in [5.41, 5.74) is 0.795. The molecule has 0 amide bonds. The van der Waals surface area contributed by atoms with Crippen LogP contribution < -0.4 is 10.0 Å².